The minimum Gasteiger partial charge on any atom is -0.385 e. The van der Waals surface area contributed by atoms with E-state index in [2.05, 4.69) is 12.2 Å². The van der Waals surface area contributed by atoms with Crippen molar-refractivity contribution in [2.45, 2.75) is 25.8 Å². The number of rotatable bonds is 8. The Balaban J connectivity index is 3.06. The topological polar surface area (TPSA) is 30.5 Å². The maximum Gasteiger partial charge on any atom is 0.0619 e. The summed E-state index contributed by atoms with van der Waals surface area (Å²) in [6.07, 6.45) is 2.09. The smallest absolute Gasteiger partial charge is 0.0619 e. The van der Waals surface area contributed by atoms with E-state index >= 15 is 0 Å². The van der Waals surface area contributed by atoms with Gasteiger partial charge >= 0.3 is 0 Å². The largest absolute Gasteiger partial charge is 0.385 e. The van der Waals surface area contributed by atoms with Gasteiger partial charge in [0.15, 0.2) is 0 Å². The summed E-state index contributed by atoms with van der Waals surface area (Å²) in [6.45, 7) is 4.54. The fourth-order valence-electron chi connectivity index (χ4n) is 0.936. The van der Waals surface area contributed by atoms with Gasteiger partial charge in [0.2, 0.25) is 0 Å². The van der Waals surface area contributed by atoms with Crippen LogP contribution in [0.3, 0.4) is 0 Å². The lowest BCUT2D eigenvalue weighted by Crippen LogP contribution is -2.29. The Morgan fingerprint density at radius 1 is 1.33 bits per heavy atom. The van der Waals surface area contributed by atoms with Gasteiger partial charge in [0, 0.05) is 26.4 Å². The molecule has 0 fully saturated rings. The highest BCUT2D eigenvalue weighted by atomic mass is 16.5. The summed E-state index contributed by atoms with van der Waals surface area (Å²) in [4.78, 5) is 0. The highest BCUT2D eigenvalue weighted by Crippen LogP contribution is 1.92. The molecule has 0 rings (SSSR count). The Hall–Kier alpha value is -0.120. The molecule has 0 aliphatic rings. The van der Waals surface area contributed by atoms with Gasteiger partial charge in [-0.2, -0.15) is 0 Å². The van der Waals surface area contributed by atoms with E-state index in [1.54, 1.807) is 7.11 Å². The van der Waals surface area contributed by atoms with Crippen LogP contribution in [-0.2, 0) is 9.47 Å². The van der Waals surface area contributed by atoms with Crippen molar-refractivity contribution in [3.05, 3.63) is 0 Å². The van der Waals surface area contributed by atoms with Crippen molar-refractivity contribution >= 4 is 0 Å². The zero-order valence-corrected chi connectivity index (χ0v) is 8.43. The maximum atomic E-state index is 5.44. The van der Waals surface area contributed by atoms with Crippen molar-refractivity contribution in [2.75, 3.05) is 34.0 Å². The first-order chi connectivity index (χ1) is 5.85. The van der Waals surface area contributed by atoms with Crippen molar-refractivity contribution in [3.8, 4) is 0 Å². The van der Waals surface area contributed by atoms with Crippen LogP contribution in [0.25, 0.3) is 0 Å². The molecule has 0 radical (unpaired) electrons. The van der Waals surface area contributed by atoms with Gasteiger partial charge in [-0.1, -0.05) is 6.92 Å². The first-order valence-corrected chi connectivity index (χ1v) is 4.59. The third kappa shape index (κ3) is 6.58. The molecule has 0 aliphatic heterocycles. The van der Waals surface area contributed by atoms with Gasteiger partial charge < -0.3 is 14.8 Å². The zero-order valence-electron chi connectivity index (χ0n) is 8.43. The van der Waals surface area contributed by atoms with Crippen LogP contribution < -0.4 is 5.32 Å². The minimum absolute atomic E-state index is 0.493. The normalized spacial score (nSPS) is 13.2. The zero-order chi connectivity index (χ0) is 9.23. The molecule has 1 N–H and O–H groups in total. The van der Waals surface area contributed by atoms with Crippen molar-refractivity contribution < 1.29 is 9.47 Å². The van der Waals surface area contributed by atoms with Gasteiger partial charge in [0.25, 0.3) is 0 Å². The molecule has 0 spiro atoms. The van der Waals surface area contributed by atoms with E-state index < -0.39 is 0 Å². The van der Waals surface area contributed by atoms with Crippen LogP contribution in [0.4, 0.5) is 0 Å². The SMILES string of the molecule is CCC(COCCCOC)NC. The van der Waals surface area contributed by atoms with E-state index in [1.807, 2.05) is 7.05 Å². The Kier molecular flexibility index (Phi) is 8.88. The second-order valence-corrected chi connectivity index (χ2v) is 2.82. The Bertz CT molecular complexity index is 84.6. The van der Waals surface area contributed by atoms with Crippen LogP contribution >= 0.6 is 0 Å². The Morgan fingerprint density at radius 2 is 2.08 bits per heavy atom. The fourth-order valence-corrected chi connectivity index (χ4v) is 0.936. The molecule has 1 atom stereocenters. The number of likely N-dealkylation sites (N-methyl/N-ethyl adjacent to an activating group) is 1. The first-order valence-electron chi connectivity index (χ1n) is 4.59. The van der Waals surface area contributed by atoms with Crippen LogP contribution in [0, 0.1) is 0 Å². The van der Waals surface area contributed by atoms with Crippen LogP contribution in [0.5, 0.6) is 0 Å². The van der Waals surface area contributed by atoms with Crippen molar-refractivity contribution in [1.29, 1.82) is 0 Å². The summed E-state index contributed by atoms with van der Waals surface area (Å²) in [5.41, 5.74) is 0. The van der Waals surface area contributed by atoms with Gasteiger partial charge in [0.05, 0.1) is 6.61 Å². The molecule has 0 aromatic carbocycles. The summed E-state index contributed by atoms with van der Waals surface area (Å²) in [5, 5.41) is 3.19. The molecule has 0 aromatic heterocycles. The molecule has 0 heterocycles. The predicted octanol–water partition coefficient (Wildman–Crippen LogP) is 1.04. The third-order valence-electron chi connectivity index (χ3n) is 1.86. The Labute approximate surface area is 75.4 Å². The predicted molar refractivity (Wildman–Crippen MR) is 50.5 cm³/mol. The van der Waals surface area contributed by atoms with E-state index in [1.165, 1.54) is 0 Å². The van der Waals surface area contributed by atoms with E-state index in [4.69, 9.17) is 9.47 Å². The lowest BCUT2D eigenvalue weighted by Gasteiger charge is -2.13. The minimum atomic E-state index is 0.493. The molecule has 0 saturated carbocycles. The van der Waals surface area contributed by atoms with Gasteiger partial charge in [-0.05, 0) is 19.9 Å². The maximum absolute atomic E-state index is 5.44. The molecule has 0 saturated heterocycles. The number of hydrogen-bond donors (Lipinski definition) is 1. The van der Waals surface area contributed by atoms with Gasteiger partial charge in [-0.3, -0.25) is 0 Å². The van der Waals surface area contributed by atoms with Crippen LogP contribution in [0.2, 0.25) is 0 Å². The number of methoxy groups -OCH3 is 1. The summed E-state index contributed by atoms with van der Waals surface area (Å²) < 4.78 is 10.3. The molecule has 74 valence electrons. The average molecular weight is 175 g/mol. The van der Waals surface area contributed by atoms with Gasteiger partial charge in [-0.15, -0.1) is 0 Å². The molecule has 3 heteroatoms. The molecule has 0 bridgehead atoms. The van der Waals surface area contributed by atoms with E-state index in [0.717, 1.165) is 32.7 Å². The van der Waals surface area contributed by atoms with Crippen LogP contribution in [0.1, 0.15) is 19.8 Å². The second kappa shape index (κ2) is 8.97. The molecule has 0 aromatic rings. The molecule has 3 nitrogen and oxygen atoms in total. The second-order valence-electron chi connectivity index (χ2n) is 2.82. The molecular weight excluding hydrogens is 154 g/mol. The summed E-state index contributed by atoms with van der Waals surface area (Å²) in [5.74, 6) is 0. The highest BCUT2D eigenvalue weighted by molar-refractivity contribution is 4.59. The molecular formula is C9H21NO2. The fraction of sp³-hybridized carbons (Fsp3) is 1.00. The lowest BCUT2D eigenvalue weighted by molar-refractivity contribution is 0.0882. The third-order valence-corrected chi connectivity index (χ3v) is 1.86. The van der Waals surface area contributed by atoms with Gasteiger partial charge in [0.1, 0.15) is 0 Å². The van der Waals surface area contributed by atoms with Crippen LogP contribution in [0.15, 0.2) is 0 Å². The van der Waals surface area contributed by atoms with E-state index in [0.29, 0.717) is 6.04 Å². The van der Waals surface area contributed by atoms with E-state index in [9.17, 15) is 0 Å². The number of hydrogen-bond acceptors (Lipinski definition) is 3. The molecule has 1 unspecified atom stereocenters. The van der Waals surface area contributed by atoms with Crippen LogP contribution in [-0.4, -0.2) is 40.0 Å². The highest BCUT2D eigenvalue weighted by Gasteiger charge is 2.01. The quantitative estimate of drug-likeness (QED) is 0.559. The lowest BCUT2D eigenvalue weighted by atomic mass is 10.2. The van der Waals surface area contributed by atoms with Crippen molar-refractivity contribution in [3.63, 3.8) is 0 Å². The monoisotopic (exact) mass is 175 g/mol. The summed E-state index contributed by atoms with van der Waals surface area (Å²) in [7, 11) is 3.68. The molecule has 0 amide bonds. The molecule has 12 heavy (non-hydrogen) atoms. The summed E-state index contributed by atoms with van der Waals surface area (Å²) >= 11 is 0. The number of ether oxygens (including phenoxy) is 2. The first kappa shape index (κ1) is 11.9. The number of nitrogens with one attached hydrogen (secondary N) is 1. The van der Waals surface area contributed by atoms with Crippen molar-refractivity contribution in [1.82, 2.24) is 5.32 Å². The van der Waals surface area contributed by atoms with E-state index in [-0.39, 0.29) is 0 Å². The Morgan fingerprint density at radius 3 is 2.58 bits per heavy atom. The van der Waals surface area contributed by atoms with Gasteiger partial charge in [-0.25, -0.2) is 0 Å². The summed E-state index contributed by atoms with van der Waals surface area (Å²) in [6, 6.07) is 0.493. The molecule has 0 aliphatic carbocycles. The average Bonchev–Trinajstić information content (AvgIpc) is 2.11. The van der Waals surface area contributed by atoms with Crippen molar-refractivity contribution in [2.24, 2.45) is 0 Å². The standard InChI is InChI=1S/C9H21NO2/c1-4-9(10-2)8-12-7-5-6-11-3/h9-10H,4-8H2,1-3H3.